The number of thioether (sulfide) groups is 1. The van der Waals surface area contributed by atoms with Gasteiger partial charge in [-0.05, 0) is 17.4 Å². The fraction of sp³-hybridized carbons (Fsp3) is 0.176. The van der Waals surface area contributed by atoms with E-state index in [0.717, 1.165) is 18.3 Å². The molecule has 3 nitrogen and oxygen atoms in total. The predicted molar refractivity (Wildman–Crippen MR) is 88.7 cm³/mol. The summed E-state index contributed by atoms with van der Waals surface area (Å²) in [6.07, 6.45) is 3.84. The highest BCUT2D eigenvalue weighted by Crippen LogP contribution is 2.15. The number of amidine groups is 1. The summed E-state index contributed by atoms with van der Waals surface area (Å²) in [6, 6.07) is 20.4. The summed E-state index contributed by atoms with van der Waals surface area (Å²) < 4.78 is 0. The second-order valence-electron chi connectivity index (χ2n) is 4.53. The minimum Gasteiger partial charge on any atom is -0.342 e. The SMILES string of the molecule is CSC(=NC#N)N(Cc1ccccc1)Cc1ccccc1. The monoisotopic (exact) mass is 295 g/mol. The van der Waals surface area contributed by atoms with Gasteiger partial charge in [-0.2, -0.15) is 5.26 Å². The molecule has 4 heteroatoms. The zero-order valence-electron chi connectivity index (χ0n) is 11.9. The molecule has 2 aromatic carbocycles. The van der Waals surface area contributed by atoms with Gasteiger partial charge in [-0.15, -0.1) is 4.99 Å². The van der Waals surface area contributed by atoms with Crippen molar-refractivity contribution in [3.8, 4) is 6.19 Å². The van der Waals surface area contributed by atoms with Gasteiger partial charge in [0.05, 0.1) is 0 Å². The second kappa shape index (κ2) is 8.13. The van der Waals surface area contributed by atoms with Gasteiger partial charge in [0.1, 0.15) is 0 Å². The molecule has 0 aliphatic carbocycles. The minimum atomic E-state index is 0.733. The average Bonchev–Trinajstić information content (AvgIpc) is 2.54. The van der Waals surface area contributed by atoms with E-state index in [9.17, 15) is 0 Å². The van der Waals surface area contributed by atoms with Crippen LogP contribution in [0.5, 0.6) is 0 Å². The van der Waals surface area contributed by atoms with Crippen LogP contribution in [0.4, 0.5) is 0 Å². The Bertz CT molecular complexity index is 576. The molecule has 106 valence electrons. The molecule has 0 heterocycles. The molecule has 0 bridgehead atoms. The largest absolute Gasteiger partial charge is 0.342 e. The van der Waals surface area contributed by atoms with Gasteiger partial charge in [0, 0.05) is 13.1 Å². The van der Waals surface area contributed by atoms with Crippen molar-refractivity contribution >= 4 is 16.9 Å². The van der Waals surface area contributed by atoms with E-state index in [1.807, 2.05) is 48.8 Å². The summed E-state index contributed by atoms with van der Waals surface area (Å²) in [5, 5.41) is 9.61. The van der Waals surface area contributed by atoms with Crippen LogP contribution in [0.25, 0.3) is 0 Å². The Kier molecular flexibility index (Phi) is 5.86. The molecular formula is C17H17N3S. The number of rotatable bonds is 4. The van der Waals surface area contributed by atoms with Gasteiger partial charge in [-0.25, -0.2) is 0 Å². The second-order valence-corrected chi connectivity index (χ2v) is 5.30. The molecule has 0 aromatic heterocycles. The molecule has 0 spiro atoms. The Balaban J connectivity index is 2.22. The maximum atomic E-state index is 8.87. The van der Waals surface area contributed by atoms with Gasteiger partial charge in [-0.1, -0.05) is 72.4 Å². The summed E-state index contributed by atoms with van der Waals surface area (Å²) in [5.41, 5.74) is 2.40. The van der Waals surface area contributed by atoms with E-state index in [4.69, 9.17) is 5.26 Å². The molecule has 0 N–H and O–H groups in total. The van der Waals surface area contributed by atoms with Gasteiger partial charge in [0.15, 0.2) is 5.17 Å². The van der Waals surface area contributed by atoms with Crippen molar-refractivity contribution in [3.63, 3.8) is 0 Å². The van der Waals surface area contributed by atoms with Crippen LogP contribution in [0.1, 0.15) is 11.1 Å². The molecule has 0 amide bonds. The van der Waals surface area contributed by atoms with Crippen molar-refractivity contribution < 1.29 is 0 Å². The normalized spacial score (nSPS) is 11.0. The molecule has 0 aliphatic rings. The first-order chi connectivity index (χ1) is 10.3. The Morgan fingerprint density at radius 2 is 1.48 bits per heavy atom. The zero-order valence-corrected chi connectivity index (χ0v) is 12.8. The fourth-order valence-electron chi connectivity index (χ4n) is 2.09. The van der Waals surface area contributed by atoms with Crippen LogP contribution in [0.3, 0.4) is 0 Å². The topological polar surface area (TPSA) is 39.4 Å². The molecule has 0 unspecified atom stereocenters. The number of aliphatic imine (C=N–C) groups is 1. The predicted octanol–water partition coefficient (Wildman–Crippen LogP) is 3.89. The lowest BCUT2D eigenvalue weighted by Crippen LogP contribution is -2.27. The minimum absolute atomic E-state index is 0.733. The molecule has 0 fully saturated rings. The summed E-state index contributed by atoms with van der Waals surface area (Å²) in [6.45, 7) is 1.47. The number of hydrogen-bond acceptors (Lipinski definition) is 3. The lowest BCUT2D eigenvalue weighted by atomic mass is 10.2. The van der Waals surface area contributed by atoms with Gasteiger partial charge in [0.25, 0.3) is 0 Å². The number of hydrogen-bond donors (Lipinski definition) is 0. The number of nitrogens with zero attached hydrogens (tertiary/aromatic N) is 3. The smallest absolute Gasteiger partial charge is 0.208 e. The summed E-state index contributed by atoms with van der Waals surface area (Å²) in [7, 11) is 0. The van der Waals surface area contributed by atoms with Crippen molar-refractivity contribution in [1.82, 2.24) is 4.90 Å². The fourth-order valence-corrected chi connectivity index (χ4v) is 2.61. The lowest BCUT2D eigenvalue weighted by molar-refractivity contribution is 0.415. The maximum Gasteiger partial charge on any atom is 0.208 e. The van der Waals surface area contributed by atoms with E-state index in [1.54, 1.807) is 0 Å². The van der Waals surface area contributed by atoms with Crippen molar-refractivity contribution in [2.75, 3.05) is 6.26 Å². The van der Waals surface area contributed by atoms with Crippen molar-refractivity contribution in [2.24, 2.45) is 4.99 Å². The van der Waals surface area contributed by atoms with E-state index in [1.165, 1.54) is 22.9 Å². The lowest BCUT2D eigenvalue weighted by Gasteiger charge is -2.24. The van der Waals surface area contributed by atoms with E-state index in [-0.39, 0.29) is 0 Å². The zero-order chi connectivity index (χ0) is 14.9. The van der Waals surface area contributed by atoms with Crippen molar-refractivity contribution in [3.05, 3.63) is 71.8 Å². The van der Waals surface area contributed by atoms with Crippen LogP contribution in [0.15, 0.2) is 65.7 Å². The average molecular weight is 295 g/mol. The van der Waals surface area contributed by atoms with Crippen molar-refractivity contribution in [2.45, 2.75) is 13.1 Å². The Morgan fingerprint density at radius 3 is 1.86 bits per heavy atom. The molecule has 2 aromatic rings. The third kappa shape index (κ3) is 4.66. The summed E-state index contributed by atoms with van der Waals surface area (Å²) in [4.78, 5) is 6.07. The van der Waals surface area contributed by atoms with Gasteiger partial charge in [0.2, 0.25) is 6.19 Å². The standard InChI is InChI=1S/C17H17N3S/c1-21-17(19-14-18)20(12-15-8-4-2-5-9-15)13-16-10-6-3-7-11-16/h2-11H,12-13H2,1H3. The summed E-state index contributed by atoms with van der Waals surface area (Å²) in [5.74, 6) is 0. The Hall–Kier alpha value is -2.25. The molecule has 0 aliphatic heterocycles. The van der Waals surface area contributed by atoms with Crippen LogP contribution in [0, 0.1) is 11.5 Å². The molecular weight excluding hydrogens is 278 g/mol. The molecule has 2 rings (SSSR count). The van der Waals surface area contributed by atoms with Crippen LogP contribution in [-0.2, 0) is 13.1 Å². The van der Waals surface area contributed by atoms with Gasteiger partial charge in [-0.3, -0.25) is 0 Å². The first kappa shape index (κ1) is 15.1. The highest BCUT2D eigenvalue weighted by molar-refractivity contribution is 8.13. The van der Waals surface area contributed by atoms with Gasteiger partial charge >= 0.3 is 0 Å². The Labute approximate surface area is 129 Å². The number of benzene rings is 2. The number of nitriles is 1. The van der Waals surface area contributed by atoms with E-state index < -0.39 is 0 Å². The van der Waals surface area contributed by atoms with Crippen LogP contribution < -0.4 is 0 Å². The quantitative estimate of drug-likeness (QED) is 0.488. The molecule has 0 saturated carbocycles. The first-order valence-corrected chi connectivity index (χ1v) is 7.89. The van der Waals surface area contributed by atoms with Crippen molar-refractivity contribution in [1.29, 1.82) is 5.26 Å². The van der Waals surface area contributed by atoms with E-state index >= 15 is 0 Å². The van der Waals surface area contributed by atoms with Gasteiger partial charge < -0.3 is 4.90 Å². The highest BCUT2D eigenvalue weighted by Gasteiger charge is 2.12. The highest BCUT2D eigenvalue weighted by atomic mass is 32.2. The summed E-state index contributed by atoms with van der Waals surface area (Å²) >= 11 is 1.49. The maximum absolute atomic E-state index is 8.87. The molecule has 0 saturated heterocycles. The van der Waals surface area contributed by atoms with Crippen LogP contribution in [-0.4, -0.2) is 16.3 Å². The Morgan fingerprint density at radius 1 is 1.00 bits per heavy atom. The first-order valence-electron chi connectivity index (χ1n) is 6.67. The molecule has 0 radical (unpaired) electrons. The van der Waals surface area contributed by atoms with Crippen LogP contribution in [0.2, 0.25) is 0 Å². The molecule has 21 heavy (non-hydrogen) atoms. The van der Waals surface area contributed by atoms with E-state index in [2.05, 4.69) is 34.2 Å². The van der Waals surface area contributed by atoms with Crippen LogP contribution >= 0.6 is 11.8 Å². The third-order valence-electron chi connectivity index (χ3n) is 3.03. The van der Waals surface area contributed by atoms with E-state index in [0.29, 0.717) is 0 Å². The third-order valence-corrected chi connectivity index (χ3v) is 3.75. The molecule has 0 atom stereocenters.